The number of nitrogens with two attached hydrogens (primary N) is 1. The molecule has 0 heterocycles. The predicted octanol–water partition coefficient (Wildman–Crippen LogP) is 2.62. The number of carbonyl (C=O) groups excluding carboxylic acids is 1. The van der Waals surface area contributed by atoms with E-state index in [-0.39, 0.29) is 5.75 Å². The molecule has 3 N–H and O–H groups in total. The van der Waals surface area contributed by atoms with Gasteiger partial charge in [-0.3, -0.25) is 4.90 Å². The number of hydrogen-bond donors (Lipinski definition) is 2. The molecule has 0 atom stereocenters. The number of nitrogens with zero attached hydrogens (tertiary/aromatic N) is 1. The zero-order valence-electron chi connectivity index (χ0n) is 10.4. The fourth-order valence-corrected chi connectivity index (χ4v) is 1.75. The second-order valence-electron chi connectivity index (χ2n) is 3.89. The Morgan fingerprint density at radius 3 is 2.42 bits per heavy atom. The summed E-state index contributed by atoms with van der Waals surface area (Å²) in [5.41, 5.74) is 6.58. The molecule has 0 radical (unpaired) electrons. The highest BCUT2D eigenvalue weighted by Crippen LogP contribution is 2.29. The number of methoxy groups -OCH3 is 1. The van der Waals surface area contributed by atoms with Gasteiger partial charge < -0.3 is 15.6 Å². The highest BCUT2D eigenvalue weighted by atomic mass is 16.5. The quantitative estimate of drug-likeness (QED) is 0.888. The highest BCUT2D eigenvalue weighted by Gasteiger charge is 2.15. The summed E-state index contributed by atoms with van der Waals surface area (Å²) in [6.45, 7) is 0. The van der Waals surface area contributed by atoms with Crippen molar-refractivity contribution in [1.82, 2.24) is 0 Å². The summed E-state index contributed by atoms with van der Waals surface area (Å²) in [5, 5.41) is 9.28. The van der Waals surface area contributed by atoms with Gasteiger partial charge in [0, 0.05) is 6.07 Å². The number of urea groups is 1. The van der Waals surface area contributed by atoms with E-state index in [2.05, 4.69) is 0 Å². The summed E-state index contributed by atoms with van der Waals surface area (Å²) < 4.78 is 5.12. The summed E-state index contributed by atoms with van der Waals surface area (Å²) in [4.78, 5) is 13.0. The van der Waals surface area contributed by atoms with E-state index in [0.717, 1.165) is 0 Å². The van der Waals surface area contributed by atoms with Crippen molar-refractivity contribution in [3.05, 3.63) is 48.5 Å². The second kappa shape index (κ2) is 5.30. The van der Waals surface area contributed by atoms with Crippen LogP contribution in [0, 0.1) is 0 Å². The van der Waals surface area contributed by atoms with Gasteiger partial charge in [0.05, 0.1) is 18.5 Å². The molecular formula is C14H14N2O3. The molecular weight excluding hydrogens is 244 g/mol. The monoisotopic (exact) mass is 258 g/mol. The van der Waals surface area contributed by atoms with Gasteiger partial charge in [0.15, 0.2) is 0 Å². The maximum absolute atomic E-state index is 11.6. The van der Waals surface area contributed by atoms with Crippen LogP contribution in [-0.4, -0.2) is 18.2 Å². The molecule has 2 amide bonds. The van der Waals surface area contributed by atoms with Gasteiger partial charge in [-0.1, -0.05) is 6.07 Å². The number of hydrogen-bond acceptors (Lipinski definition) is 3. The Bertz CT molecular complexity index is 581. The van der Waals surface area contributed by atoms with Crippen LogP contribution in [0.1, 0.15) is 0 Å². The topological polar surface area (TPSA) is 75.8 Å². The van der Waals surface area contributed by atoms with E-state index in [0.29, 0.717) is 17.1 Å². The summed E-state index contributed by atoms with van der Waals surface area (Å²) in [6.07, 6.45) is 0. The van der Waals surface area contributed by atoms with Gasteiger partial charge in [-0.2, -0.15) is 0 Å². The fourth-order valence-electron chi connectivity index (χ4n) is 1.75. The molecule has 0 unspecified atom stereocenters. The van der Waals surface area contributed by atoms with Crippen LogP contribution in [0.4, 0.5) is 16.2 Å². The molecule has 0 saturated carbocycles. The molecule has 0 bridgehead atoms. The molecule has 2 aromatic carbocycles. The number of anilines is 2. The summed E-state index contributed by atoms with van der Waals surface area (Å²) in [5.74, 6) is 0.751. The third-order valence-corrected chi connectivity index (χ3v) is 2.64. The van der Waals surface area contributed by atoms with E-state index in [1.165, 1.54) is 17.0 Å². The van der Waals surface area contributed by atoms with Gasteiger partial charge in [0.1, 0.15) is 11.5 Å². The number of phenols is 1. The number of ether oxygens (including phenoxy) is 1. The lowest BCUT2D eigenvalue weighted by atomic mass is 10.2. The Hall–Kier alpha value is -2.69. The Labute approximate surface area is 110 Å². The minimum Gasteiger partial charge on any atom is -0.508 e. The standard InChI is InChI=1S/C14H14N2O3/c1-19-13-4-2-3-11(9-13)16(14(15)18)10-5-7-12(17)8-6-10/h2-9,17H,1H3,(H2,15,18). The third-order valence-electron chi connectivity index (χ3n) is 2.64. The molecule has 5 heteroatoms. The SMILES string of the molecule is COc1cccc(N(C(N)=O)c2ccc(O)cc2)c1. The summed E-state index contributed by atoms with van der Waals surface area (Å²) in [7, 11) is 1.55. The molecule has 0 saturated heterocycles. The van der Waals surface area contributed by atoms with Crippen molar-refractivity contribution < 1.29 is 14.6 Å². The van der Waals surface area contributed by atoms with E-state index >= 15 is 0 Å². The van der Waals surface area contributed by atoms with Crippen molar-refractivity contribution in [2.75, 3.05) is 12.0 Å². The van der Waals surface area contributed by atoms with Crippen LogP contribution in [0.2, 0.25) is 0 Å². The Morgan fingerprint density at radius 1 is 1.16 bits per heavy atom. The van der Waals surface area contributed by atoms with Gasteiger partial charge >= 0.3 is 6.03 Å². The first-order valence-corrected chi connectivity index (χ1v) is 5.64. The zero-order chi connectivity index (χ0) is 13.8. The lowest BCUT2D eigenvalue weighted by molar-refractivity contribution is 0.256. The van der Waals surface area contributed by atoms with Crippen LogP contribution in [0.5, 0.6) is 11.5 Å². The number of aromatic hydroxyl groups is 1. The van der Waals surface area contributed by atoms with Gasteiger partial charge in [-0.25, -0.2) is 4.79 Å². The predicted molar refractivity (Wildman–Crippen MR) is 72.8 cm³/mol. The Balaban J connectivity index is 2.45. The van der Waals surface area contributed by atoms with E-state index < -0.39 is 6.03 Å². The average Bonchev–Trinajstić information content (AvgIpc) is 2.41. The molecule has 0 aliphatic carbocycles. The van der Waals surface area contributed by atoms with Crippen LogP contribution in [0.3, 0.4) is 0 Å². The van der Waals surface area contributed by atoms with Crippen LogP contribution < -0.4 is 15.4 Å². The maximum Gasteiger partial charge on any atom is 0.323 e. The van der Waals surface area contributed by atoms with Gasteiger partial charge in [0.2, 0.25) is 0 Å². The minimum absolute atomic E-state index is 0.124. The number of benzene rings is 2. The van der Waals surface area contributed by atoms with E-state index in [1.54, 1.807) is 43.5 Å². The van der Waals surface area contributed by atoms with Gasteiger partial charge in [-0.05, 0) is 36.4 Å². The van der Waals surface area contributed by atoms with Crippen molar-refractivity contribution in [3.8, 4) is 11.5 Å². The van der Waals surface area contributed by atoms with E-state index in [1.807, 2.05) is 0 Å². The smallest absolute Gasteiger partial charge is 0.323 e. The molecule has 98 valence electrons. The van der Waals surface area contributed by atoms with Crippen molar-refractivity contribution in [2.45, 2.75) is 0 Å². The van der Waals surface area contributed by atoms with Crippen LogP contribution in [-0.2, 0) is 0 Å². The molecule has 19 heavy (non-hydrogen) atoms. The highest BCUT2D eigenvalue weighted by molar-refractivity contribution is 5.98. The average molecular weight is 258 g/mol. The number of phenolic OH excluding ortho intramolecular Hbond substituents is 1. The lowest BCUT2D eigenvalue weighted by Gasteiger charge is -2.21. The number of carbonyl (C=O) groups is 1. The van der Waals surface area contributed by atoms with Crippen LogP contribution >= 0.6 is 0 Å². The number of rotatable bonds is 3. The molecule has 2 aromatic rings. The van der Waals surface area contributed by atoms with Crippen molar-refractivity contribution in [3.63, 3.8) is 0 Å². The normalized spacial score (nSPS) is 9.95. The molecule has 0 aliphatic rings. The number of amides is 2. The molecule has 0 spiro atoms. The molecule has 0 fully saturated rings. The van der Waals surface area contributed by atoms with Gasteiger partial charge in [0.25, 0.3) is 0 Å². The Kier molecular flexibility index (Phi) is 3.56. The zero-order valence-corrected chi connectivity index (χ0v) is 10.4. The van der Waals surface area contributed by atoms with Crippen molar-refractivity contribution >= 4 is 17.4 Å². The fraction of sp³-hybridized carbons (Fsp3) is 0.0714. The van der Waals surface area contributed by atoms with Crippen molar-refractivity contribution in [1.29, 1.82) is 0 Å². The Morgan fingerprint density at radius 2 is 1.84 bits per heavy atom. The first kappa shape index (κ1) is 12.8. The first-order chi connectivity index (χ1) is 9.11. The summed E-state index contributed by atoms with van der Waals surface area (Å²) in [6, 6.07) is 12.6. The molecule has 5 nitrogen and oxygen atoms in total. The first-order valence-electron chi connectivity index (χ1n) is 5.64. The largest absolute Gasteiger partial charge is 0.508 e. The van der Waals surface area contributed by atoms with Gasteiger partial charge in [-0.15, -0.1) is 0 Å². The molecule has 2 rings (SSSR count). The lowest BCUT2D eigenvalue weighted by Crippen LogP contribution is -2.31. The van der Waals surface area contributed by atoms with Crippen LogP contribution in [0.15, 0.2) is 48.5 Å². The van der Waals surface area contributed by atoms with Crippen molar-refractivity contribution in [2.24, 2.45) is 5.73 Å². The third kappa shape index (κ3) is 2.77. The second-order valence-corrected chi connectivity index (χ2v) is 3.89. The summed E-state index contributed by atoms with van der Waals surface area (Å²) >= 11 is 0. The van der Waals surface area contributed by atoms with E-state index in [4.69, 9.17) is 10.5 Å². The molecule has 0 aliphatic heterocycles. The maximum atomic E-state index is 11.6. The molecule has 0 aromatic heterocycles. The van der Waals surface area contributed by atoms with E-state index in [9.17, 15) is 9.90 Å². The minimum atomic E-state index is -0.612. The van der Waals surface area contributed by atoms with Crippen LogP contribution in [0.25, 0.3) is 0 Å². The number of primary amides is 1.